The Balaban J connectivity index is 1.79. The van der Waals surface area contributed by atoms with Crippen LogP contribution in [0, 0.1) is 0 Å². The van der Waals surface area contributed by atoms with E-state index >= 15 is 0 Å². The third-order valence-corrected chi connectivity index (χ3v) is 3.49. The Kier molecular flexibility index (Phi) is 2.85. The van der Waals surface area contributed by atoms with E-state index < -0.39 is 0 Å². The summed E-state index contributed by atoms with van der Waals surface area (Å²) in [6.45, 7) is 0. The molecule has 0 aromatic carbocycles. The molecule has 0 atom stereocenters. The smallest absolute Gasteiger partial charge is 0.156 e. The molecule has 18 heavy (non-hydrogen) atoms. The minimum absolute atomic E-state index is 0.464. The third-order valence-electron chi connectivity index (χ3n) is 2.46. The van der Waals surface area contributed by atoms with E-state index in [2.05, 4.69) is 15.0 Å². The van der Waals surface area contributed by atoms with Crippen molar-refractivity contribution in [3.05, 3.63) is 48.7 Å². The third kappa shape index (κ3) is 2.14. The maximum Gasteiger partial charge on any atom is 0.156 e. The van der Waals surface area contributed by atoms with Crippen molar-refractivity contribution in [2.24, 2.45) is 0 Å². The molecule has 5 nitrogen and oxygen atoms in total. The van der Waals surface area contributed by atoms with Crippen LogP contribution >= 0.6 is 11.8 Å². The van der Waals surface area contributed by atoms with Crippen LogP contribution in [0.4, 0.5) is 5.82 Å². The quantitative estimate of drug-likeness (QED) is 0.727. The molecule has 3 heterocycles. The summed E-state index contributed by atoms with van der Waals surface area (Å²) in [6.07, 6.45) is 7.22. The average Bonchev–Trinajstić information content (AvgIpc) is 2.80. The minimum atomic E-state index is 0.464. The molecule has 0 saturated carbocycles. The summed E-state index contributed by atoms with van der Waals surface area (Å²) in [5.41, 5.74) is 7.68. The lowest BCUT2D eigenvalue weighted by Crippen LogP contribution is -1.94. The van der Waals surface area contributed by atoms with E-state index in [4.69, 9.17) is 5.73 Å². The van der Waals surface area contributed by atoms with Gasteiger partial charge >= 0.3 is 0 Å². The van der Waals surface area contributed by atoms with E-state index in [0.717, 1.165) is 22.1 Å². The molecule has 6 heteroatoms. The first-order valence-electron chi connectivity index (χ1n) is 5.45. The maximum atomic E-state index is 5.74. The van der Waals surface area contributed by atoms with Crippen LogP contribution in [0.2, 0.25) is 0 Å². The SMILES string of the molecule is Nc1nccnc1SCc1cn2ccccc2n1. The van der Waals surface area contributed by atoms with Gasteiger partial charge in [0, 0.05) is 30.5 Å². The van der Waals surface area contributed by atoms with Crippen LogP contribution in [0.3, 0.4) is 0 Å². The van der Waals surface area contributed by atoms with Crippen molar-refractivity contribution >= 4 is 23.2 Å². The van der Waals surface area contributed by atoms with Gasteiger partial charge in [-0.1, -0.05) is 17.8 Å². The average molecular weight is 257 g/mol. The van der Waals surface area contributed by atoms with Crippen LogP contribution in [0.25, 0.3) is 5.65 Å². The highest BCUT2D eigenvalue weighted by atomic mass is 32.2. The number of pyridine rings is 1. The molecular weight excluding hydrogens is 246 g/mol. The number of aromatic nitrogens is 4. The second-order valence-electron chi connectivity index (χ2n) is 3.73. The molecule has 0 bridgehead atoms. The Hall–Kier alpha value is -2.08. The van der Waals surface area contributed by atoms with Crippen molar-refractivity contribution in [2.75, 3.05) is 5.73 Å². The number of rotatable bonds is 3. The Morgan fingerprint density at radius 3 is 2.94 bits per heavy atom. The van der Waals surface area contributed by atoms with Gasteiger partial charge in [0.25, 0.3) is 0 Å². The summed E-state index contributed by atoms with van der Waals surface area (Å²) in [5.74, 6) is 1.19. The van der Waals surface area contributed by atoms with E-state index in [9.17, 15) is 0 Å². The van der Waals surface area contributed by atoms with E-state index in [1.807, 2.05) is 35.0 Å². The number of fused-ring (bicyclic) bond motifs is 1. The lowest BCUT2D eigenvalue weighted by molar-refractivity contribution is 1.07. The topological polar surface area (TPSA) is 69.1 Å². The van der Waals surface area contributed by atoms with Gasteiger partial charge < -0.3 is 10.1 Å². The fraction of sp³-hybridized carbons (Fsp3) is 0.0833. The van der Waals surface area contributed by atoms with E-state index in [1.165, 1.54) is 0 Å². The number of hydrogen-bond acceptors (Lipinski definition) is 5. The summed E-state index contributed by atoms with van der Waals surface area (Å²) in [4.78, 5) is 12.7. The van der Waals surface area contributed by atoms with Crippen LogP contribution in [-0.4, -0.2) is 19.4 Å². The second-order valence-corrected chi connectivity index (χ2v) is 4.70. The molecule has 3 rings (SSSR count). The van der Waals surface area contributed by atoms with Crippen molar-refractivity contribution in [3.8, 4) is 0 Å². The van der Waals surface area contributed by atoms with Gasteiger partial charge in [0.2, 0.25) is 0 Å². The molecule has 3 aromatic heterocycles. The van der Waals surface area contributed by atoms with Crippen LogP contribution in [0.5, 0.6) is 0 Å². The maximum absolute atomic E-state index is 5.74. The van der Waals surface area contributed by atoms with Crippen LogP contribution < -0.4 is 5.73 Å². The molecule has 0 aliphatic carbocycles. The molecule has 0 saturated heterocycles. The summed E-state index contributed by atoms with van der Waals surface area (Å²) in [7, 11) is 0. The number of nitrogen functional groups attached to an aromatic ring is 1. The lowest BCUT2D eigenvalue weighted by atomic mass is 10.5. The molecule has 0 spiro atoms. The molecule has 0 fully saturated rings. The van der Waals surface area contributed by atoms with Crippen LogP contribution in [0.15, 0.2) is 48.0 Å². The Morgan fingerprint density at radius 1 is 1.22 bits per heavy atom. The first-order valence-corrected chi connectivity index (χ1v) is 6.43. The largest absolute Gasteiger partial charge is 0.381 e. The van der Waals surface area contributed by atoms with Gasteiger partial charge in [-0.3, -0.25) is 0 Å². The summed E-state index contributed by atoms with van der Waals surface area (Å²) in [5, 5.41) is 0.745. The van der Waals surface area contributed by atoms with Gasteiger partial charge in [-0.05, 0) is 12.1 Å². The van der Waals surface area contributed by atoms with Gasteiger partial charge in [-0.15, -0.1) is 0 Å². The minimum Gasteiger partial charge on any atom is -0.381 e. The molecule has 90 valence electrons. The molecule has 0 aliphatic heterocycles. The Morgan fingerprint density at radius 2 is 2.11 bits per heavy atom. The van der Waals surface area contributed by atoms with E-state index in [0.29, 0.717) is 5.82 Å². The summed E-state index contributed by atoms with van der Waals surface area (Å²) < 4.78 is 2.00. The molecule has 3 aromatic rings. The zero-order valence-electron chi connectivity index (χ0n) is 9.52. The fourth-order valence-electron chi connectivity index (χ4n) is 1.65. The molecular formula is C12H11N5S. The zero-order chi connectivity index (χ0) is 12.4. The van der Waals surface area contributed by atoms with Gasteiger partial charge in [0.1, 0.15) is 10.7 Å². The highest BCUT2D eigenvalue weighted by Crippen LogP contribution is 2.23. The van der Waals surface area contributed by atoms with Crippen molar-refractivity contribution in [1.29, 1.82) is 0 Å². The molecule has 2 N–H and O–H groups in total. The van der Waals surface area contributed by atoms with Crippen LogP contribution in [0.1, 0.15) is 5.69 Å². The number of nitrogens with two attached hydrogens (primary N) is 1. The number of nitrogens with zero attached hydrogens (tertiary/aromatic N) is 4. The standard InChI is InChI=1S/C12H11N5S/c13-11-12(15-5-4-14-11)18-8-9-7-17-6-2-1-3-10(17)16-9/h1-7H,8H2,(H2,13,14). The number of thioether (sulfide) groups is 1. The first-order chi connectivity index (χ1) is 8.83. The fourth-order valence-corrected chi connectivity index (χ4v) is 2.41. The van der Waals surface area contributed by atoms with E-state index in [1.54, 1.807) is 24.2 Å². The highest BCUT2D eigenvalue weighted by molar-refractivity contribution is 7.98. The lowest BCUT2D eigenvalue weighted by Gasteiger charge is -2.00. The van der Waals surface area contributed by atoms with Gasteiger partial charge in [-0.25, -0.2) is 15.0 Å². The highest BCUT2D eigenvalue weighted by Gasteiger charge is 2.05. The summed E-state index contributed by atoms with van der Waals surface area (Å²) in [6, 6.07) is 5.93. The number of anilines is 1. The molecule has 0 aliphatic rings. The first kappa shape index (κ1) is 11.0. The van der Waals surface area contributed by atoms with Crippen LogP contribution in [-0.2, 0) is 5.75 Å². The summed E-state index contributed by atoms with van der Waals surface area (Å²) >= 11 is 1.54. The predicted octanol–water partition coefficient (Wildman–Crippen LogP) is 2.00. The van der Waals surface area contributed by atoms with Crippen molar-refractivity contribution < 1.29 is 0 Å². The molecule has 0 radical (unpaired) electrons. The molecule has 0 amide bonds. The zero-order valence-corrected chi connectivity index (χ0v) is 10.3. The van der Waals surface area contributed by atoms with E-state index in [-0.39, 0.29) is 0 Å². The van der Waals surface area contributed by atoms with Crippen molar-refractivity contribution in [3.63, 3.8) is 0 Å². The number of imidazole rings is 1. The monoisotopic (exact) mass is 257 g/mol. The van der Waals surface area contributed by atoms with Crippen molar-refractivity contribution in [1.82, 2.24) is 19.4 Å². The Labute approximate surface area is 108 Å². The second kappa shape index (κ2) is 4.66. The van der Waals surface area contributed by atoms with Gasteiger partial charge in [0.15, 0.2) is 5.82 Å². The predicted molar refractivity (Wildman–Crippen MR) is 71.2 cm³/mol. The normalized spacial score (nSPS) is 10.9. The number of hydrogen-bond donors (Lipinski definition) is 1. The van der Waals surface area contributed by atoms with Crippen molar-refractivity contribution in [2.45, 2.75) is 10.8 Å². The molecule has 0 unspecified atom stereocenters. The van der Waals surface area contributed by atoms with Gasteiger partial charge in [-0.2, -0.15) is 0 Å². The van der Waals surface area contributed by atoms with Gasteiger partial charge in [0.05, 0.1) is 5.69 Å². The Bertz CT molecular complexity index is 646.